The van der Waals surface area contributed by atoms with Gasteiger partial charge in [0.05, 0.1) is 13.1 Å². The van der Waals surface area contributed by atoms with Crippen LogP contribution in [0.5, 0.6) is 0 Å². The monoisotopic (exact) mass is 513 g/mol. The number of likely N-dealkylation sites (tertiary alicyclic amines) is 1. The van der Waals surface area contributed by atoms with E-state index < -0.39 is 0 Å². The van der Waals surface area contributed by atoms with Gasteiger partial charge in [0.2, 0.25) is 5.91 Å². The third-order valence-corrected chi connectivity index (χ3v) is 5.39. The fraction of sp³-hybridized carbons (Fsp3) is 0.450. The summed E-state index contributed by atoms with van der Waals surface area (Å²) in [6.45, 7) is 7.67. The molecule has 8 heteroatoms. The van der Waals surface area contributed by atoms with Gasteiger partial charge < -0.3 is 15.5 Å². The Labute approximate surface area is 187 Å². The number of guanidine groups is 1. The molecule has 0 aliphatic carbocycles. The number of halogens is 1. The number of nitrogens with zero attached hydrogens (tertiary/aromatic N) is 3. The molecule has 1 aromatic heterocycles. The van der Waals surface area contributed by atoms with Crippen molar-refractivity contribution in [3.05, 3.63) is 51.5 Å². The first-order valence-corrected chi connectivity index (χ1v) is 10.3. The number of carbonyl (C=O) groups is 1. The van der Waals surface area contributed by atoms with Gasteiger partial charge in [0, 0.05) is 37.1 Å². The summed E-state index contributed by atoms with van der Waals surface area (Å²) in [5, 5.41) is 7.67. The second kappa shape index (κ2) is 11.4. The van der Waals surface area contributed by atoms with Crippen molar-refractivity contribution in [3.63, 3.8) is 0 Å². The van der Waals surface area contributed by atoms with Gasteiger partial charge in [0.15, 0.2) is 5.96 Å². The van der Waals surface area contributed by atoms with E-state index in [0.29, 0.717) is 26.1 Å². The molecule has 1 amide bonds. The molecule has 2 aromatic rings. The predicted octanol–water partition coefficient (Wildman–Crippen LogP) is 3.45. The van der Waals surface area contributed by atoms with Gasteiger partial charge in [-0.2, -0.15) is 0 Å². The van der Waals surface area contributed by atoms with Crippen LogP contribution < -0.4 is 10.6 Å². The number of rotatable bonds is 7. The summed E-state index contributed by atoms with van der Waals surface area (Å²) in [7, 11) is 0. The topological polar surface area (TPSA) is 69.6 Å². The maximum atomic E-state index is 11.9. The van der Waals surface area contributed by atoms with Gasteiger partial charge in [-0.05, 0) is 31.4 Å². The van der Waals surface area contributed by atoms with Crippen LogP contribution in [0.3, 0.4) is 0 Å². The Hall–Kier alpha value is -1.68. The maximum Gasteiger partial charge on any atom is 0.222 e. The molecule has 1 aliphatic heterocycles. The van der Waals surface area contributed by atoms with Crippen LogP contribution in [0.4, 0.5) is 0 Å². The van der Waals surface area contributed by atoms with Gasteiger partial charge in [0.1, 0.15) is 5.01 Å². The minimum Gasteiger partial charge on any atom is -0.357 e. The lowest BCUT2D eigenvalue weighted by atomic mass is 10.1. The molecule has 28 heavy (non-hydrogen) atoms. The SMILES string of the molecule is CCNC(=NCc1ccccc1CN1CCCC1=O)NCc1ncc(C)s1.I. The summed E-state index contributed by atoms with van der Waals surface area (Å²) < 4.78 is 0. The Kier molecular flexibility index (Phi) is 9.17. The zero-order chi connectivity index (χ0) is 19.1. The number of aromatic nitrogens is 1. The zero-order valence-corrected chi connectivity index (χ0v) is 19.5. The highest BCUT2D eigenvalue weighted by molar-refractivity contribution is 14.0. The van der Waals surface area contributed by atoms with Crippen LogP contribution in [0.25, 0.3) is 0 Å². The van der Waals surface area contributed by atoms with E-state index in [-0.39, 0.29) is 29.9 Å². The standard InChI is InChI=1S/C20H27N5OS.HI/c1-3-21-20(24-13-18-22-11-15(2)27-18)23-12-16-7-4-5-8-17(16)14-25-10-6-9-19(25)26;/h4-5,7-8,11H,3,6,9-10,12-14H2,1-2H3,(H2,21,23,24);1H. The van der Waals surface area contributed by atoms with Crippen molar-refractivity contribution >= 4 is 47.2 Å². The molecule has 2 N–H and O–H groups in total. The van der Waals surface area contributed by atoms with E-state index in [2.05, 4.69) is 41.6 Å². The quantitative estimate of drug-likeness (QED) is 0.338. The number of benzene rings is 1. The van der Waals surface area contributed by atoms with Gasteiger partial charge in [-0.3, -0.25) is 4.79 Å². The lowest BCUT2D eigenvalue weighted by molar-refractivity contribution is -0.128. The van der Waals surface area contributed by atoms with E-state index >= 15 is 0 Å². The van der Waals surface area contributed by atoms with Gasteiger partial charge >= 0.3 is 0 Å². The summed E-state index contributed by atoms with van der Waals surface area (Å²) in [5.41, 5.74) is 2.32. The highest BCUT2D eigenvalue weighted by atomic mass is 127. The Morgan fingerprint density at radius 3 is 2.71 bits per heavy atom. The fourth-order valence-corrected chi connectivity index (χ4v) is 3.82. The van der Waals surface area contributed by atoms with E-state index in [1.807, 2.05) is 23.2 Å². The van der Waals surface area contributed by atoms with Gasteiger partial charge in [-0.1, -0.05) is 24.3 Å². The molecule has 1 fully saturated rings. The van der Waals surface area contributed by atoms with Crippen molar-refractivity contribution in [2.24, 2.45) is 4.99 Å². The van der Waals surface area contributed by atoms with E-state index in [1.165, 1.54) is 10.4 Å². The van der Waals surface area contributed by atoms with Crippen LogP contribution >= 0.6 is 35.3 Å². The molecule has 0 spiro atoms. The average Bonchev–Trinajstić information content (AvgIpc) is 3.27. The summed E-state index contributed by atoms with van der Waals surface area (Å²) >= 11 is 1.69. The minimum atomic E-state index is 0. The van der Waals surface area contributed by atoms with Crippen molar-refractivity contribution in [1.82, 2.24) is 20.5 Å². The third kappa shape index (κ3) is 6.44. The summed E-state index contributed by atoms with van der Waals surface area (Å²) in [4.78, 5) is 24.2. The Morgan fingerprint density at radius 2 is 2.07 bits per heavy atom. The number of thiazole rings is 1. The van der Waals surface area contributed by atoms with Crippen LogP contribution in [0, 0.1) is 6.92 Å². The molecule has 1 aliphatic rings. The molecule has 1 aromatic carbocycles. The van der Waals surface area contributed by atoms with Crippen LogP contribution in [-0.4, -0.2) is 34.8 Å². The van der Waals surface area contributed by atoms with Crippen molar-refractivity contribution in [3.8, 4) is 0 Å². The van der Waals surface area contributed by atoms with Crippen molar-refractivity contribution in [1.29, 1.82) is 0 Å². The van der Waals surface area contributed by atoms with Gasteiger partial charge in [-0.15, -0.1) is 35.3 Å². The summed E-state index contributed by atoms with van der Waals surface area (Å²) in [5.74, 6) is 1.03. The van der Waals surface area contributed by atoms with E-state index in [4.69, 9.17) is 4.99 Å². The number of aryl methyl sites for hydroxylation is 1. The highest BCUT2D eigenvalue weighted by Gasteiger charge is 2.20. The Balaban J connectivity index is 0.00000280. The van der Waals surface area contributed by atoms with E-state index in [1.54, 1.807) is 11.3 Å². The molecule has 152 valence electrons. The second-order valence-corrected chi connectivity index (χ2v) is 7.92. The molecule has 6 nitrogen and oxygen atoms in total. The number of aliphatic imine (C=N–C) groups is 1. The molecule has 2 heterocycles. The smallest absolute Gasteiger partial charge is 0.222 e. The van der Waals surface area contributed by atoms with Gasteiger partial charge in [-0.25, -0.2) is 9.98 Å². The number of carbonyl (C=O) groups excluding carboxylic acids is 1. The zero-order valence-electron chi connectivity index (χ0n) is 16.4. The van der Waals surface area contributed by atoms with Crippen LogP contribution in [0.1, 0.15) is 40.8 Å². The Bertz CT molecular complexity index is 807. The number of hydrogen-bond donors (Lipinski definition) is 2. The first-order chi connectivity index (χ1) is 13.2. The summed E-state index contributed by atoms with van der Waals surface area (Å²) in [6, 6.07) is 8.23. The largest absolute Gasteiger partial charge is 0.357 e. The molecular formula is C20H28IN5OS. The van der Waals surface area contributed by atoms with Crippen molar-refractivity contribution < 1.29 is 4.79 Å². The minimum absolute atomic E-state index is 0. The lowest BCUT2D eigenvalue weighted by Crippen LogP contribution is -2.36. The summed E-state index contributed by atoms with van der Waals surface area (Å²) in [6.07, 6.45) is 3.52. The fourth-order valence-electron chi connectivity index (χ4n) is 3.09. The number of hydrogen-bond acceptors (Lipinski definition) is 4. The third-order valence-electron chi connectivity index (χ3n) is 4.48. The van der Waals surface area contributed by atoms with E-state index in [9.17, 15) is 4.79 Å². The van der Waals surface area contributed by atoms with Crippen molar-refractivity contribution in [2.75, 3.05) is 13.1 Å². The van der Waals surface area contributed by atoms with Crippen molar-refractivity contribution in [2.45, 2.75) is 46.3 Å². The number of nitrogens with one attached hydrogen (secondary N) is 2. The highest BCUT2D eigenvalue weighted by Crippen LogP contribution is 2.18. The van der Waals surface area contributed by atoms with Crippen LogP contribution in [0.15, 0.2) is 35.5 Å². The molecule has 3 rings (SSSR count). The molecule has 0 unspecified atom stereocenters. The average molecular weight is 513 g/mol. The van der Waals surface area contributed by atoms with Gasteiger partial charge in [0.25, 0.3) is 0 Å². The molecule has 0 atom stereocenters. The lowest BCUT2D eigenvalue weighted by Gasteiger charge is -2.18. The number of amides is 1. The molecule has 0 radical (unpaired) electrons. The molecule has 0 saturated carbocycles. The first-order valence-electron chi connectivity index (χ1n) is 9.43. The first kappa shape index (κ1) is 22.6. The molecule has 1 saturated heterocycles. The van der Waals surface area contributed by atoms with Crippen LogP contribution in [0.2, 0.25) is 0 Å². The molecule has 0 bridgehead atoms. The maximum absolute atomic E-state index is 11.9. The molecular weight excluding hydrogens is 485 g/mol. The Morgan fingerprint density at radius 1 is 1.29 bits per heavy atom. The second-order valence-electron chi connectivity index (χ2n) is 6.60. The van der Waals surface area contributed by atoms with E-state index in [0.717, 1.165) is 36.0 Å². The normalized spacial score (nSPS) is 14.1. The predicted molar refractivity (Wildman–Crippen MR) is 125 cm³/mol. The van der Waals surface area contributed by atoms with Crippen LogP contribution in [-0.2, 0) is 24.4 Å².